The van der Waals surface area contributed by atoms with Crippen molar-refractivity contribution in [1.82, 2.24) is 39.4 Å². The number of carbonyl (C=O) groups excluding carboxylic acids is 5. The number of hydrogen-bond acceptors (Lipinski definition) is 15. The molecular formula is C57H64N8O12. The first-order chi connectivity index (χ1) is 36.8. The standard InChI is InChI=1S/C57H64N8O12/c1-9-13-22-62(8)51(69)39-27-38(45(66)29-46(39)67)48-60-61-49(50(68)58-12-4)65(48)34-16-14-32(15-17-34)25-33-20-23-63(24-21-33)54(72)76-57(11-3)42-28-44-47-40(30-64(44)52(70)41(42)31-74-53(57)71)36(10-2)37-26-35(18-19-43(37)59-47)75-55(73)77-56(5,6)7/h14-19,26-29,33,66-67H,9-13,20-25,30-31H2,1-8H3,(H,58,68). The number of benzene rings is 3. The number of aryl methyl sites for hydroxylation is 1. The molecule has 1 unspecified atom stereocenters. The minimum absolute atomic E-state index is 0.00744. The van der Waals surface area contributed by atoms with Gasteiger partial charge in [0.05, 0.1) is 40.1 Å². The van der Waals surface area contributed by atoms with Crippen LogP contribution in [-0.2, 0) is 50.6 Å². The number of carbonyl (C=O) groups is 5. The normalized spacial score (nSPS) is 16.1. The summed E-state index contributed by atoms with van der Waals surface area (Å²) in [6, 6.07) is 16.8. The van der Waals surface area contributed by atoms with Crippen LogP contribution >= 0.6 is 0 Å². The summed E-state index contributed by atoms with van der Waals surface area (Å²) in [6.45, 7) is 14.2. The summed E-state index contributed by atoms with van der Waals surface area (Å²) >= 11 is 0. The number of nitrogens with zero attached hydrogens (tertiary/aromatic N) is 7. The highest BCUT2D eigenvalue weighted by atomic mass is 16.7. The molecule has 3 aliphatic heterocycles. The van der Waals surface area contributed by atoms with Crippen molar-refractivity contribution in [2.45, 2.75) is 118 Å². The maximum Gasteiger partial charge on any atom is 0.514 e. The lowest BCUT2D eigenvalue weighted by molar-refractivity contribution is -0.173. The molecule has 3 amide bonds. The molecule has 0 radical (unpaired) electrons. The number of phenols is 2. The number of piperidine rings is 1. The third-order valence-corrected chi connectivity index (χ3v) is 14.5. The highest BCUT2D eigenvalue weighted by Gasteiger charge is 2.51. The smallest absolute Gasteiger partial charge is 0.507 e. The number of hydrogen-bond donors (Lipinski definition) is 3. The van der Waals surface area contributed by atoms with Crippen molar-refractivity contribution < 1.29 is 53.1 Å². The Morgan fingerprint density at radius 2 is 1.66 bits per heavy atom. The van der Waals surface area contributed by atoms with Gasteiger partial charge in [-0.2, -0.15) is 0 Å². The van der Waals surface area contributed by atoms with Gasteiger partial charge >= 0.3 is 18.2 Å². The van der Waals surface area contributed by atoms with Crippen LogP contribution in [0.2, 0.25) is 0 Å². The minimum Gasteiger partial charge on any atom is -0.507 e. The lowest BCUT2D eigenvalue weighted by Crippen LogP contribution is -2.50. The number of fused-ring (bicyclic) bond motifs is 5. The number of nitrogens with one attached hydrogen (secondary N) is 1. The Morgan fingerprint density at radius 1 is 0.922 bits per heavy atom. The first-order valence-electron chi connectivity index (χ1n) is 26.2. The zero-order valence-corrected chi connectivity index (χ0v) is 44.7. The Kier molecular flexibility index (Phi) is 14.9. The first-order valence-corrected chi connectivity index (χ1v) is 26.2. The number of likely N-dealkylation sites (tertiary alicyclic amines) is 1. The molecule has 1 atom stereocenters. The molecule has 3 aliphatic rings. The number of amides is 3. The average molecular weight is 1050 g/mol. The molecule has 3 aromatic carbocycles. The van der Waals surface area contributed by atoms with Crippen LogP contribution in [0.15, 0.2) is 65.5 Å². The van der Waals surface area contributed by atoms with Crippen LogP contribution < -0.4 is 15.6 Å². The highest BCUT2D eigenvalue weighted by molar-refractivity contribution is 5.99. The molecule has 0 bridgehead atoms. The SMILES string of the molecule is CCCCN(C)C(=O)c1cc(-c2nnc(C(=O)NCC)n2-c2ccc(CC3CCN(C(=O)OC4(CC)C(=O)OCc5c4cc4n(c5=O)Cc5c-4nc4ccc(OC(=O)OC(C)(C)C)cc4c5CC)CC3)cc2)c(O)cc1O. The van der Waals surface area contributed by atoms with Crippen LogP contribution in [0.4, 0.5) is 9.59 Å². The molecule has 77 heavy (non-hydrogen) atoms. The molecule has 20 nitrogen and oxygen atoms in total. The number of esters is 1. The van der Waals surface area contributed by atoms with Crippen molar-refractivity contribution in [2.75, 3.05) is 33.2 Å². The number of phenolic OH excluding ortho intramolecular Hbond substituents is 2. The zero-order chi connectivity index (χ0) is 55.1. The largest absolute Gasteiger partial charge is 0.514 e. The van der Waals surface area contributed by atoms with Crippen LogP contribution in [0, 0.1) is 5.92 Å². The number of aromatic hydroxyl groups is 2. The van der Waals surface area contributed by atoms with Gasteiger partial charge in [0, 0.05) is 61.5 Å². The maximum atomic E-state index is 14.4. The van der Waals surface area contributed by atoms with Gasteiger partial charge in [-0.3, -0.25) is 19.0 Å². The minimum atomic E-state index is -1.90. The molecule has 6 heterocycles. The number of aromatic nitrogens is 5. The summed E-state index contributed by atoms with van der Waals surface area (Å²) in [4.78, 5) is 89.9. The maximum absolute atomic E-state index is 14.4. The molecule has 3 aromatic heterocycles. The van der Waals surface area contributed by atoms with E-state index in [0.717, 1.165) is 41.0 Å². The third kappa shape index (κ3) is 10.3. The van der Waals surface area contributed by atoms with Gasteiger partial charge in [0.2, 0.25) is 11.4 Å². The van der Waals surface area contributed by atoms with E-state index in [1.165, 1.54) is 15.5 Å². The third-order valence-electron chi connectivity index (χ3n) is 14.5. The number of unbranched alkanes of at least 4 members (excludes halogenated alkanes) is 1. The van der Waals surface area contributed by atoms with Gasteiger partial charge in [-0.25, -0.2) is 19.4 Å². The second-order valence-electron chi connectivity index (χ2n) is 20.8. The Bertz CT molecular complexity index is 3390. The molecule has 1 saturated heterocycles. The van der Waals surface area contributed by atoms with Crippen molar-refractivity contribution in [2.24, 2.45) is 5.92 Å². The van der Waals surface area contributed by atoms with Gasteiger partial charge in [0.1, 0.15) is 29.5 Å². The number of rotatable bonds is 14. The Balaban J connectivity index is 0.912. The lowest BCUT2D eigenvalue weighted by atomic mass is 9.85. The van der Waals surface area contributed by atoms with Gasteiger partial charge in [-0.05, 0) is 126 Å². The lowest BCUT2D eigenvalue weighted by Gasteiger charge is -2.38. The van der Waals surface area contributed by atoms with Crippen LogP contribution in [0.1, 0.15) is 129 Å². The number of pyridine rings is 2. The van der Waals surface area contributed by atoms with Crippen molar-refractivity contribution in [1.29, 1.82) is 0 Å². The molecule has 3 N–H and O–H groups in total. The van der Waals surface area contributed by atoms with E-state index in [0.29, 0.717) is 74.5 Å². The molecule has 20 heteroatoms. The zero-order valence-electron chi connectivity index (χ0n) is 44.7. The van der Waals surface area contributed by atoms with Crippen molar-refractivity contribution in [3.8, 4) is 45.7 Å². The fourth-order valence-corrected chi connectivity index (χ4v) is 10.5. The van der Waals surface area contributed by atoms with E-state index in [4.69, 9.17) is 23.9 Å². The van der Waals surface area contributed by atoms with Crippen LogP contribution in [-0.4, -0.2) is 113 Å². The van der Waals surface area contributed by atoms with Crippen LogP contribution in [0.3, 0.4) is 0 Å². The highest BCUT2D eigenvalue weighted by Crippen LogP contribution is 2.43. The predicted molar refractivity (Wildman–Crippen MR) is 283 cm³/mol. The van der Waals surface area contributed by atoms with Crippen molar-refractivity contribution >= 4 is 40.9 Å². The predicted octanol–water partition coefficient (Wildman–Crippen LogP) is 8.34. The summed E-state index contributed by atoms with van der Waals surface area (Å²) in [5.74, 6) is -1.98. The van der Waals surface area contributed by atoms with Gasteiger partial charge in [0.25, 0.3) is 17.4 Å². The van der Waals surface area contributed by atoms with Crippen LogP contribution in [0.5, 0.6) is 17.2 Å². The van der Waals surface area contributed by atoms with Gasteiger partial charge in [-0.1, -0.05) is 39.3 Å². The van der Waals surface area contributed by atoms with Crippen LogP contribution in [0.25, 0.3) is 39.4 Å². The molecule has 0 spiro atoms. The molecule has 6 aromatic rings. The number of ether oxygens (including phenoxy) is 4. The summed E-state index contributed by atoms with van der Waals surface area (Å²) in [5.41, 5.74) is 2.43. The summed E-state index contributed by atoms with van der Waals surface area (Å²) in [7, 11) is 1.64. The van der Waals surface area contributed by atoms with E-state index < -0.39 is 47.0 Å². The first kappa shape index (κ1) is 53.5. The van der Waals surface area contributed by atoms with E-state index in [1.807, 2.05) is 38.1 Å². The van der Waals surface area contributed by atoms with Gasteiger partial charge in [-0.15, -0.1) is 10.2 Å². The summed E-state index contributed by atoms with van der Waals surface area (Å²) in [5, 5.41) is 33.8. The molecule has 0 aliphatic carbocycles. The monoisotopic (exact) mass is 1050 g/mol. The van der Waals surface area contributed by atoms with E-state index in [-0.39, 0.29) is 76.5 Å². The van der Waals surface area contributed by atoms with Crippen molar-refractivity contribution in [3.63, 3.8) is 0 Å². The van der Waals surface area contributed by atoms with E-state index >= 15 is 0 Å². The topological polar surface area (TPSA) is 247 Å². The van der Waals surface area contributed by atoms with Gasteiger partial charge in [0.15, 0.2) is 5.82 Å². The average Bonchev–Trinajstić information content (AvgIpc) is 4.03. The fraction of sp³-hybridized carbons (Fsp3) is 0.421. The molecule has 9 rings (SSSR count). The fourth-order valence-electron chi connectivity index (χ4n) is 10.5. The van der Waals surface area contributed by atoms with E-state index in [1.54, 1.807) is 75.4 Å². The second-order valence-corrected chi connectivity index (χ2v) is 20.8. The Hall–Kier alpha value is -8.29. The molecule has 1 fully saturated rings. The van der Waals surface area contributed by atoms with Gasteiger partial charge < -0.3 is 48.8 Å². The number of cyclic esters (lactones) is 1. The van der Waals surface area contributed by atoms with E-state index in [9.17, 15) is 39.0 Å². The Labute approximate surface area is 444 Å². The Morgan fingerprint density at radius 3 is 2.34 bits per heavy atom. The molecule has 404 valence electrons. The quantitative estimate of drug-likeness (QED) is 0.0526. The summed E-state index contributed by atoms with van der Waals surface area (Å²) < 4.78 is 25.9. The summed E-state index contributed by atoms with van der Waals surface area (Å²) in [6.07, 6.45) is 2.60. The molecular weight excluding hydrogens is 989 g/mol. The second kappa shape index (κ2) is 21.4. The molecule has 0 saturated carbocycles. The van der Waals surface area contributed by atoms with Crippen molar-refractivity contribution in [3.05, 3.63) is 110 Å². The van der Waals surface area contributed by atoms with E-state index in [2.05, 4.69) is 15.5 Å².